The van der Waals surface area contributed by atoms with E-state index >= 15 is 0 Å². The molecular formula is C14H14N3+. The Morgan fingerprint density at radius 2 is 2.12 bits per heavy atom. The molecule has 0 saturated heterocycles. The van der Waals surface area contributed by atoms with E-state index in [1.165, 1.54) is 24.1 Å². The summed E-state index contributed by atoms with van der Waals surface area (Å²) in [7, 11) is 0. The lowest BCUT2D eigenvalue weighted by Crippen LogP contribution is -2.44. The van der Waals surface area contributed by atoms with Gasteiger partial charge in [0.25, 0.3) is 0 Å². The van der Waals surface area contributed by atoms with Gasteiger partial charge in [0.2, 0.25) is 6.33 Å². The highest BCUT2D eigenvalue weighted by Gasteiger charge is 2.26. The van der Waals surface area contributed by atoms with E-state index in [0.717, 1.165) is 12.0 Å². The molecule has 1 N–H and O–H groups in total. The molecule has 2 aromatic rings. The SMILES string of the molecule is N#Cc1ccc([C@H]2CCCc3c[nH]c[n+]32)cc1. The number of nitrogens with one attached hydrogen (secondary N) is 1. The second-order valence-electron chi connectivity index (χ2n) is 4.48. The largest absolute Gasteiger partial charge is 0.250 e. The average Bonchev–Trinajstić information content (AvgIpc) is 2.87. The van der Waals surface area contributed by atoms with Crippen molar-refractivity contribution >= 4 is 0 Å². The molecule has 0 saturated carbocycles. The van der Waals surface area contributed by atoms with Crippen molar-refractivity contribution in [3.05, 3.63) is 53.6 Å². The molecule has 3 nitrogen and oxygen atoms in total. The van der Waals surface area contributed by atoms with Crippen LogP contribution in [0, 0.1) is 11.3 Å². The molecule has 0 aliphatic carbocycles. The number of nitrogens with zero attached hydrogens (tertiary/aromatic N) is 2. The molecule has 3 rings (SSSR count). The lowest BCUT2D eigenvalue weighted by atomic mass is 9.96. The molecular weight excluding hydrogens is 210 g/mol. The quantitative estimate of drug-likeness (QED) is 0.741. The maximum Gasteiger partial charge on any atom is 0.242 e. The van der Waals surface area contributed by atoms with Crippen molar-refractivity contribution in [2.45, 2.75) is 25.3 Å². The van der Waals surface area contributed by atoms with Crippen LogP contribution in [0.5, 0.6) is 0 Å². The zero-order chi connectivity index (χ0) is 11.7. The molecule has 1 aliphatic rings. The smallest absolute Gasteiger partial charge is 0.242 e. The summed E-state index contributed by atoms with van der Waals surface area (Å²) in [6, 6.07) is 10.5. The summed E-state index contributed by atoms with van der Waals surface area (Å²) in [4.78, 5) is 3.17. The first-order valence-electron chi connectivity index (χ1n) is 5.95. The number of imidazole rings is 1. The van der Waals surface area contributed by atoms with Gasteiger partial charge in [0, 0.05) is 6.42 Å². The molecule has 1 aromatic heterocycles. The van der Waals surface area contributed by atoms with E-state index in [9.17, 15) is 0 Å². The van der Waals surface area contributed by atoms with Crippen LogP contribution >= 0.6 is 0 Å². The summed E-state index contributed by atoms with van der Waals surface area (Å²) in [5.74, 6) is 0. The van der Waals surface area contributed by atoms with Gasteiger partial charge in [0.1, 0.15) is 17.9 Å². The number of aryl methyl sites for hydroxylation is 1. The monoisotopic (exact) mass is 224 g/mol. The summed E-state index contributed by atoms with van der Waals surface area (Å²) < 4.78 is 2.31. The Balaban J connectivity index is 1.98. The molecule has 0 amide bonds. The number of aromatic amines is 1. The highest BCUT2D eigenvalue weighted by molar-refractivity contribution is 5.32. The van der Waals surface area contributed by atoms with E-state index < -0.39 is 0 Å². The molecule has 0 radical (unpaired) electrons. The molecule has 2 heterocycles. The van der Waals surface area contributed by atoms with E-state index in [1.54, 1.807) is 0 Å². The molecule has 1 aromatic carbocycles. The number of hydrogen-bond acceptors (Lipinski definition) is 1. The molecule has 84 valence electrons. The van der Waals surface area contributed by atoms with Crippen molar-refractivity contribution in [3.63, 3.8) is 0 Å². The van der Waals surface area contributed by atoms with Crippen LogP contribution in [0.3, 0.4) is 0 Å². The van der Waals surface area contributed by atoms with Crippen LogP contribution in [0.4, 0.5) is 0 Å². The third-order valence-corrected chi connectivity index (χ3v) is 3.47. The molecule has 0 spiro atoms. The van der Waals surface area contributed by atoms with E-state index in [4.69, 9.17) is 5.26 Å². The Bertz CT molecular complexity index is 560. The molecule has 0 bridgehead atoms. The molecule has 1 atom stereocenters. The van der Waals surface area contributed by atoms with Crippen molar-refractivity contribution in [2.24, 2.45) is 0 Å². The van der Waals surface area contributed by atoms with Crippen LogP contribution in [0.2, 0.25) is 0 Å². The number of nitriles is 1. The number of hydrogen-bond donors (Lipinski definition) is 1. The summed E-state index contributed by atoms with van der Waals surface area (Å²) in [6.07, 6.45) is 7.66. The Labute approximate surface area is 100 Å². The van der Waals surface area contributed by atoms with Gasteiger partial charge < -0.3 is 0 Å². The third kappa shape index (κ3) is 1.72. The Kier molecular flexibility index (Phi) is 2.41. The van der Waals surface area contributed by atoms with Crippen LogP contribution in [0.15, 0.2) is 36.8 Å². The summed E-state index contributed by atoms with van der Waals surface area (Å²) in [5, 5.41) is 8.80. The first kappa shape index (κ1) is 10.1. The number of fused-ring (bicyclic) bond motifs is 1. The Hall–Kier alpha value is -2.08. The van der Waals surface area contributed by atoms with Gasteiger partial charge in [-0.25, -0.2) is 9.55 Å². The summed E-state index contributed by atoms with van der Waals surface area (Å²) in [5.41, 5.74) is 3.38. The highest BCUT2D eigenvalue weighted by atomic mass is 15.1. The van der Waals surface area contributed by atoms with Crippen LogP contribution in [-0.4, -0.2) is 4.98 Å². The van der Waals surface area contributed by atoms with Gasteiger partial charge in [-0.1, -0.05) is 12.1 Å². The number of H-pyrrole nitrogens is 1. The van der Waals surface area contributed by atoms with Gasteiger partial charge >= 0.3 is 0 Å². The highest BCUT2D eigenvalue weighted by Crippen LogP contribution is 2.23. The minimum absolute atomic E-state index is 0.415. The molecule has 0 unspecified atom stereocenters. The van der Waals surface area contributed by atoms with Gasteiger partial charge in [-0.3, -0.25) is 0 Å². The standard InChI is InChI=1S/C14H13N3/c15-8-11-4-6-12(7-5-11)14-3-1-2-13-9-16-10-17(13)14/h4-7,9-10,14H,1-3H2/p+1/t14-/m1/s1. The fourth-order valence-corrected chi connectivity index (χ4v) is 2.59. The normalized spacial score (nSPS) is 18.4. The Morgan fingerprint density at radius 1 is 1.29 bits per heavy atom. The maximum absolute atomic E-state index is 8.80. The average molecular weight is 224 g/mol. The molecule has 0 fully saturated rings. The predicted molar refractivity (Wildman–Crippen MR) is 63.2 cm³/mol. The predicted octanol–water partition coefficient (Wildman–Crippen LogP) is 2.10. The number of benzene rings is 1. The fraction of sp³-hybridized carbons (Fsp3) is 0.286. The van der Waals surface area contributed by atoms with Crippen LogP contribution in [0.25, 0.3) is 0 Å². The maximum atomic E-state index is 8.80. The first-order valence-corrected chi connectivity index (χ1v) is 5.95. The minimum Gasteiger partial charge on any atom is -0.250 e. The summed E-state index contributed by atoms with van der Waals surface area (Å²) in [6.45, 7) is 0. The lowest BCUT2D eigenvalue weighted by molar-refractivity contribution is -0.724. The molecule has 3 heteroatoms. The van der Waals surface area contributed by atoms with Crippen LogP contribution in [0.1, 0.15) is 35.7 Å². The van der Waals surface area contributed by atoms with E-state index in [0.29, 0.717) is 6.04 Å². The van der Waals surface area contributed by atoms with Crippen LogP contribution in [-0.2, 0) is 6.42 Å². The van der Waals surface area contributed by atoms with Gasteiger partial charge in [-0.15, -0.1) is 0 Å². The number of rotatable bonds is 1. The fourth-order valence-electron chi connectivity index (χ4n) is 2.59. The zero-order valence-electron chi connectivity index (χ0n) is 9.56. The van der Waals surface area contributed by atoms with Crippen molar-refractivity contribution < 1.29 is 4.57 Å². The van der Waals surface area contributed by atoms with Gasteiger partial charge in [-0.05, 0) is 30.5 Å². The van der Waals surface area contributed by atoms with Gasteiger partial charge in [-0.2, -0.15) is 5.26 Å². The topological polar surface area (TPSA) is 43.5 Å². The van der Waals surface area contributed by atoms with Crippen molar-refractivity contribution in [3.8, 4) is 6.07 Å². The van der Waals surface area contributed by atoms with E-state index in [1.807, 2.05) is 18.5 Å². The summed E-state index contributed by atoms with van der Waals surface area (Å²) >= 11 is 0. The van der Waals surface area contributed by atoms with Gasteiger partial charge in [0.05, 0.1) is 11.6 Å². The lowest BCUT2D eigenvalue weighted by Gasteiger charge is -2.20. The second-order valence-corrected chi connectivity index (χ2v) is 4.48. The number of aromatic nitrogens is 2. The van der Waals surface area contributed by atoms with E-state index in [-0.39, 0.29) is 0 Å². The first-order chi connectivity index (χ1) is 8.38. The zero-order valence-corrected chi connectivity index (χ0v) is 9.56. The minimum atomic E-state index is 0.415. The Morgan fingerprint density at radius 3 is 2.88 bits per heavy atom. The van der Waals surface area contributed by atoms with Crippen LogP contribution < -0.4 is 4.57 Å². The molecule has 1 aliphatic heterocycles. The second kappa shape index (κ2) is 4.06. The van der Waals surface area contributed by atoms with Gasteiger partial charge in [0.15, 0.2) is 0 Å². The van der Waals surface area contributed by atoms with Crippen molar-refractivity contribution in [2.75, 3.05) is 0 Å². The third-order valence-electron chi connectivity index (χ3n) is 3.47. The molecule has 17 heavy (non-hydrogen) atoms. The van der Waals surface area contributed by atoms with Crippen molar-refractivity contribution in [1.82, 2.24) is 4.98 Å². The van der Waals surface area contributed by atoms with Crippen molar-refractivity contribution in [1.29, 1.82) is 5.26 Å². The van der Waals surface area contributed by atoms with E-state index in [2.05, 4.69) is 33.9 Å².